The standard InChI is InChI=1S/C11H11NO/c1-8-4-3-5-9-6-10(13-2)7-12-11(8)9/h3-7H,1-2H3. The van der Waals surface area contributed by atoms with Gasteiger partial charge in [0.05, 0.1) is 18.8 Å². The lowest BCUT2D eigenvalue weighted by atomic mass is 10.1. The third kappa shape index (κ3) is 1.35. The first kappa shape index (κ1) is 8.05. The molecule has 0 fully saturated rings. The van der Waals surface area contributed by atoms with Gasteiger partial charge in [-0.05, 0) is 18.6 Å². The van der Waals surface area contributed by atoms with E-state index in [1.807, 2.05) is 18.2 Å². The molecule has 0 bridgehead atoms. The molecule has 0 saturated heterocycles. The van der Waals surface area contributed by atoms with Crippen molar-refractivity contribution in [2.45, 2.75) is 6.92 Å². The van der Waals surface area contributed by atoms with Gasteiger partial charge in [-0.25, -0.2) is 0 Å². The van der Waals surface area contributed by atoms with Gasteiger partial charge in [-0.2, -0.15) is 0 Å². The maximum absolute atomic E-state index is 5.10. The number of aromatic nitrogens is 1. The third-order valence-corrected chi connectivity index (χ3v) is 2.12. The number of aryl methyl sites for hydroxylation is 1. The topological polar surface area (TPSA) is 22.1 Å². The van der Waals surface area contributed by atoms with Crippen molar-refractivity contribution in [2.75, 3.05) is 7.11 Å². The van der Waals surface area contributed by atoms with Crippen molar-refractivity contribution in [1.82, 2.24) is 4.98 Å². The molecule has 1 aromatic carbocycles. The van der Waals surface area contributed by atoms with Crippen molar-refractivity contribution < 1.29 is 4.74 Å². The molecular weight excluding hydrogens is 162 g/mol. The molecule has 2 heteroatoms. The molecule has 2 rings (SSSR count). The van der Waals surface area contributed by atoms with Gasteiger partial charge in [0, 0.05) is 5.39 Å². The summed E-state index contributed by atoms with van der Waals surface area (Å²) in [6.45, 7) is 2.06. The van der Waals surface area contributed by atoms with Crippen LogP contribution in [-0.4, -0.2) is 12.1 Å². The fraction of sp³-hybridized carbons (Fsp3) is 0.182. The minimum absolute atomic E-state index is 0.804. The van der Waals surface area contributed by atoms with Crippen LogP contribution in [0.5, 0.6) is 5.75 Å². The second-order valence-corrected chi connectivity index (χ2v) is 3.02. The lowest BCUT2D eigenvalue weighted by molar-refractivity contribution is 0.414. The highest BCUT2D eigenvalue weighted by molar-refractivity contribution is 5.82. The van der Waals surface area contributed by atoms with E-state index in [9.17, 15) is 0 Å². The third-order valence-electron chi connectivity index (χ3n) is 2.12. The average Bonchev–Trinajstić information content (AvgIpc) is 2.18. The van der Waals surface area contributed by atoms with Crippen molar-refractivity contribution in [3.63, 3.8) is 0 Å². The fourth-order valence-electron chi connectivity index (χ4n) is 1.40. The summed E-state index contributed by atoms with van der Waals surface area (Å²) in [4.78, 5) is 4.33. The molecule has 0 N–H and O–H groups in total. The average molecular weight is 173 g/mol. The second-order valence-electron chi connectivity index (χ2n) is 3.02. The van der Waals surface area contributed by atoms with Crippen molar-refractivity contribution in [3.05, 3.63) is 36.0 Å². The number of rotatable bonds is 1. The van der Waals surface area contributed by atoms with E-state index in [2.05, 4.69) is 18.0 Å². The summed E-state index contributed by atoms with van der Waals surface area (Å²) in [7, 11) is 1.65. The molecule has 1 aromatic heterocycles. The Labute approximate surface area is 77.2 Å². The molecule has 0 spiro atoms. The minimum atomic E-state index is 0.804. The Morgan fingerprint density at radius 3 is 2.92 bits per heavy atom. The van der Waals surface area contributed by atoms with E-state index in [0.717, 1.165) is 16.7 Å². The van der Waals surface area contributed by atoms with Crippen LogP contribution < -0.4 is 4.74 Å². The predicted molar refractivity (Wildman–Crippen MR) is 53.0 cm³/mol. The smallest absolute Gasteiger partial charge is 0.137 e. The van der Waals surface area contributed by atoms with Crippen LogP contribution in [-0.2, 0) is 0 Å². The fourth-order valence-corrected chi connectivity index (χ4v) is 1.40. The summed E-state index contributed by atoms with van der Waals surface area (Å²) in [6.07, 6.45) is 1.75. The van der Waals surface area contributed by atoms with Crippen LogP contribution in [0.1, 0.15) is 5.56 Å². The maximum atomic E-state index is 5.10. The number of fused-ring (bicyclic) bond motifs is 1. The van der Waals surface area contributed by atoms with Gasteiger partial charge in [-0.1, -0.05) is 18.2 Å². The zero-order valence-electron chi connectivity index (χ0n) is 7.74. The van der Waals surface area contributed by atoms with Gasteiger partial charge < -0.3 is 4.74 Å². The Kier molecular flexibility index (Phi) is 1.89. The highest BCUT2D eigenvalue weighted by Gasteiger charge is 1.98. The number of para-hydroxylation sites is 1. The molecule has 13 heavy (non-hydrogen) atoms. The molecule has 0 amide bonds. The first-order chi connectivity index (χ1) is 6.31. The van der Waals surface area contributed by atoms with E-state index in [0.29, 0.717) is 0 Å². The monoisotopic (exact) mass is 173 g/mol. The number of pyridine rings is 1. The maximum Gasteiger partial charge on any atom is 0.137 e. The Morgan fingerprint density at radius 2 is 2.15 bits per heavy atom. The van der Waals surface area contributed by atoms with Gasteiger partial charge in [-0.3, -0.25) is 4.98 Å². The highest BCUT2D eigenvalue weighted by atomic mass is 16.5. The number of hydrogen-bond acceptors (Lipinski definition) is 2. The zero-order valence-corrected chi connectivity index (χ0v) is 7.74. The second kappa shape index (κ2) is 3.05. The molecule has 2 nitrogen and oxygen atoms in total. The number of ether oxygens (including phenoxy) is 1. The molecular formula is C11H11NO. The molecule has 0 aliphatic rings. The predicted octanol–water partition coefficient (Wildman–Crippen LogP) is 2.55. The van der Waals surface area contributed by atoms with Crippen molar-refractivity contribution in [2.24, 2.45) is 0 Å². The Balaban J connectivity index is 2.72. The summed E-state index contributed by atoms with van der Waals surface area (Å²) >= 11 is 0. The van der Waals surface area contributed by atoms with E-state index in [-0.39, 0.29) is 0 Å². The van der Waals surface area contributed by atoms with Crippen LogP contribution in [0, 0.1) is 6.92 Å². The number of benzene rings is 1. The summed E-state index contributed by atoms with van der Waals surface area (Å²) in [6, 6.07) is 8.12. The molecule has 66 valence electrons. The van der Waals surface area contributed by atoms with E-state index in [1.165, 1.54) is 5.56 Å². The van der Waals surface area contributed by atoms with E-state index < -0.39 is 0 Å². The number of hydrogen-bond donors (Lipinski definition) is 0. The summed E-state index contributed by atoms with van der Waals surface area (Å²) in [5.41, 5.74) is 2.24. The highest BCUT2D eigenvalue weighted by Crippen LogP contribution is 2.20. The van der Waals surface area contributed by atoms with Gasteiger partial charge in [0.2, 0.25) is 0 Å². The molecule has 2 aromatic rings. The first-order valence-corrected chi connectivity index (χ1v) is 4.20. The van der Waals surface area contributed by atoms with E-state index in [1.54, 1.807) is 13.3 Å². The van der Waals surface area contributed by atoms with Crippen LogP contribution >= 0.6 is 0 Å². The van der Waals surface area contributed by atoms with E-state index in [4.69, 9.17) is 4.74 Å². The number of nitrogens with zero attached hydrogens (tertiary/aromatic N) is 1. The minimum Gasteiger partial charge on any atom is -0.495 e. The molecule has 0 aliphatic carbocycles. The largest absolute Gasteiger partial charge is 0.495 e. The summed E-state index contributed by atoms with van der Waals surface area (Å²) < 4.78 is 5.10. The van der Waals surface area contributed by atoms with Crippen molar-refractivity contribution in [3.8, 4) is 5.75 Å². The van der Waals surface area contributed by atoms with Gasteiger partial charge in [-0.15, -0.1) is 0 Å². The van der Waals surface area contributed by atoms with Crippen LogP contribution in [0.25, 0.3) is 10.9 Å². The van der Waals surface area contributed by atoms with Crippen LogP contribution in [0.2, 0.25) is 0 Å². The molecule has 0 aliphatic heterocycles. The normalized spacial score (nSPS) is 10.3. The SMILES string of the molecule is COc1cnc2c(C)cccc2c1. The number of methoxy groups -OCH3 is 1. The molecule has 0 saturated carbocycles. The summed E-state index contributed by atoms with van der Waals surface area (Å²) in [5.74, 6) is 0.804. The van der Waals surface area contributed by atoms with E-state index >= 15 is 0 Å². The van der Waals surface area contributed by atoms with Crippen LogP contribution in [0.3, 0.4) is 0 Å². The van der Waals surface area contributed by atoms with Gasteiger partial charge >= 0.3 is 0 Å². The summed E-state index contributed by atoms with van der Waals surface area (Å²) in [5, 5.41) is 1.12. The Hall–Kier alpha value is -1.57. The molecule has 1 heterocycles. The lowest BCUT2D eigenvalue weighted by Crippen LogP contribution is -1.86. The molecule has 0 unspecified atom stereocenters. The van der Waals surface area contributed by atoms with Crippen molar-refractivity contribution in [1.29, 1.82) is 0 Å². The molecule has 0 atom stereocenters. The van der Waals surface area contributed by atoms with Gasteiger partial charge in [0.25, 0.3) is 0 Å². The van der Waals surface area contributed by atoms with Crippen LogP contribution in [0.15, 0.2) is 30.5 Å². The van der Waals surface area contributed by atoms with Gasteiger partial charge in [0.1, 0.15) is 5.75 Å². The quantitative estimate of drug-likeness (QED) is 0.661. The lowest BCUT2D eigenvalue weighted by Gasteiger charge is -2.03. The van der Waals surface area contributed by atoms with Crippen molar-refractivity contribution >= 4 is 10.9 Å². The van der Waals surface area contributed by atoms with Gasteiger partial charge in [0.15, 0.2) is 0 Å². The zero-order chi connectivity index (χ0) is 9.26. The van der Waals surface area contributed by atoms with Crippen LogP contribution in [0.4, 0.5) is 0 Å². The first-order valence-electron chi connectivity index (χ1n) is 4.20. The Bertz CT molecular complexity index is 437. The molecule has 0 radical (unpaired) electrons. The Morgan fingerprint density at radius 1 is 1.31 bits per heavy atom.